The maximum Gasteiger partial charge on any atom is 0.262 e. The minimum absolute atomic E-state index is 0.0468. The van der Waals surface area contributed by atoms with Gasteiger partial charge >= 0.3 is 0 Å². The molecule has 0 aromatic heterocycles. The van der Waals surface area contributed by atoms with Gasteiger partial charge in [-0.15, -0.1) is 0 Å². The molecule has 6 nitrogen and oxygen atoms in total. The SMILES string of the molecule is COc1cc(/C=C(\C#N)C(=O)NC2CC2)ccc1OCc1ccccc1C#N. The molecule has 0 aliphatic heterocycles. The lowest BCUT2D eigenvalue weighted by Gasteiger charge is -2.12. The average Bonchev–Trinajstić information content (AvgIpc) is 3.54. The predicted molar refractivity (Wildman–Crippen MR) is 103 cm³/mol. The van der Waals surface area contributed by atoms with Gasteiger partial charge in [0.2, 0.25) is 0 Å². The van der Waals surface area contributed by atoms with Crippen LogP contribution in [0.15, 0.2) is 48.0 Å². The second-order valence-electron chi connectivity index (χ2n) is 6.39. The van der Waals surface area contributed by atoms with Crippen molar-refractivity contribution in [3.63, 3.8) is 0 Å². The number of hydrogen-bond donors (Lipinski definition) is 1. The first-order valence-electron chi connectivity index (χ1n) is 8.86. The van der Waals surface area contributed by atoms with Crippen molar-refractivity contribution in [3.8, 4) is 23.6 Å². The zero-order chi connectivity index (χ0) is 19.9. The summed E-state index contributed by atoms with van der Waals surface area (Å²) in [5, 5.41) is 21.2. The molecule has 0 bridgehead atoms. The average molecular weight is 373 g/mol. The van der Waals surface area contributed by atoms with Crippen LogP contribution < -0.4 is 14.8 Å². The van der Waals surface area contributed by atoms with Crippen LogP contribution >= 0.6 is 0 Å². The van der Waals surface area contributed by atoms with E-state index in [2.05, 4.69) is 11.4 Å². The van der Waals surface area contributed by atoms with Gasteiger partial charge in [0.15, 0.2) is 11.5 Å². The van der Waals surface area contributed by atoms with E-state index < -0.39 is 0 Å². The van der Waals surface area contributed by atoms with E-state index >= 15 is 0 Å². The summed E-state index contributed by atoms with van der Waals surface area (Å²) in [7, 11) is 1.52. The zero-order valence-corrected chi connectivity index (χ0v) is 15.4. The van der Waals surface area contributed by atoms with Crippen LogP contribution in [0.5, 0.6) is 11.5 Å². The number of carbonyl (C=O) groups excluding carboxylic acids is 1. The van der Waals surface area contributed by atoms with Gasteiger partial charge in [-0.25, -0.2) is 0 Å². The summed E-state index contributed by atoms with van der Waals surface area (Å²) in [5.74, 6) is 0.619. The van der Waals surface area contributed by atoms with Crippen LogP contribution in [-0.2, 0) is 11.4 Å². The molecular formula is C22H19N3O3. The molecule has 2 aromatic rings. The van der Waals surface area contributed by atoms with Gasteiger partial charge < -0.3 is 14.8 Å². The number of nitriles is 2. The lowest BCUT2D eigenvalue weighted by atomic mass is 10.1. The molecule has 1 aliphatic carbocycles. The minimum Gasteiger partial charge on any atom is -0.493 e. The van der Waals surface area contributed by atoms with Gasteiger partial charge in [-0.05, 0) is 42.7 Å². The summed E-state index contributed by atoms with van der Waals surface area (Å²) in [6, 6.07) is 16.6. The molecule has 0 saturated heterocycles. The summed E-state index contributed by atoms with van der Waals surface area (Å²) >= 11 is 0. The topological polar surface area (TPSA) is 95.1 Å². The summed E-state index contributed by atoms with van der Waals surface area (Å²) in [6.07, 6.45) is 3.44. The van der Waals surface area contributed by atoms with Crippen molar-refractivity contribution in [1.82, 2.24) is 5.32 Å². The molecule has 0 heterocycles. The van der Waals surface area contributed by atoms with Crippen molar-refractivity contribution in [2.45, 2.75) is 25.5 Å². The Morgan fingerprint density at radius 1 is 1.21 bits per heavy atom. The summed E-state index contributed by atoms with van der Waals surface area (Å²) in [4.78, 5) is 12.1. The number of hydrogen-bond acceptors (Lipinski definition) is 5. The van der Waals surface area contributed by atoms with Crippen LogP contribution in [-0.4, -0.2) is 19.1 Å². The van der Waals surface area contributed by atoms with Gasteiger partial charge in [0.25, 0.3) is 5.91 Å². The van der Waals surface area contributed by atoms with E-state index in [4.69, 9.17) is 14.7 Å². The Bertz CT molecular complexity index is 995. The van der Waals surface area contributed by atoms with Gasteiger partial charge in [0.1, 0.15) is 18.2 Å². The van der Waals surface area contributed by atoms with E-state index in [-0.39, 0.29) is 24.1 Å². The van der Waals surface area contributed by atoms with Crippen molar-refractivity contribution in [1.29, 1.82) is 10.5 Å². The highest BCUT2D eigenvalue weighted by molar-refractivity contribution is 6.02. The molecule has 1 amide bonds. The van der Waals surface area contributed by atoms with Crippen molar-refractivity contribution in [2.24, 2.45) is 0 Å². The zero-order valence-electron chi connectivity index (χ0n) is 15.4. The van der Waals surface area contributed by atoms with Crippen LogP contribution in [0.4, 0.5) is 0 Å². The Morgan fingerprint density at radius 2 is 2.00 bits per heavy atom. The molecular weight excluding hydrogens is 354 g/mol. The first-order chi connectivity index (χ1) is 13.6. The summed E-state index contributed by atoms with van der Waals surface area (Å²) in [6.45, 7) is 0.225. The first-order valence-corrected chi connectivity index (χ1v) is 8.86. The van der Waals surface area contributed by atoms with E-state index in [1.54, 1.807) is 30.3 Å². The number of nitrogens with zero attached hydrogens (tertiary/aromatic N) is 2. The van der Waals surface area contributed by atoms with E-state index in [0.29, 0.717) is 22.6 Å². The molecule has 1 aliphatic rings. The molecule has 1 fully saturated rings. The van der Waals surface area contributed by atoms with Gasteiger partial charge in [-0.1, -0.05) is 24.3 Å². The number of rotatable bonds is 7. The van der Waals surface area contributed by atoms with Crippen molar-refractivity contribution in [3.05, 3.63) is 64.7 Å². The molecule has 0 unspecified atom stereocenters. The van der Waals surface area contributed by atoms with Gasteiger partial charge in [0.05, 0.1) is 18.7 Å². The fourth-order valence-corrected chi connectivity index (χ4v) is 2.61. The minimum atomic E-state index is -0.364. The molecule has 0 radical (unpaired) electrons. The number of carbonyl (C=O) groups is 1. The highest BCUT2D eigenvalue weighted by Crippen LogP contribution is 2.30. The van der Waals surface area contributed by atoms with E-state index in [0.717, 1.165) is 18.4 Å². The lowest BCUT2D eigenvalue weighted by Crippen LogP contribution is -2.26. The van der Waals surface area contributed by atoms with E-state index in [1.165, 1.54) is 13.2 Å². The largest absolute Gasteiger partial charge is 0.493 e. The predicted octanol–water partition coefficient (Wildman–Crippen LogP) is 3.33. The lowest BCUT2D eigenvalue weighted by molar-refractivity contribution is -0.117. The van der Waals surface area contributed by atoms with Gasteiger partial charge in [-0.3, -0.25) is 4.79 Å². The Morgan fingerprint density at radius 3 is 2.68 bits per heavy atom. The monoisotopic (exact) mass is 373 g/mol. The molecule has 2 aromatic carbocycles. The molecule has 28 heavy (non-hydrogen) atoms. The normalized spacial score (nSPS) is 13.2. The molecule has 1 N–H and O–H groups in total. The third-order valence-corrected chi connectivity index (χ3v) is 4.30. The standard InChI is InChI=1S/C22H19N3O3/c1-27-21-11-15(10-18(13-24)22(26)25-19-7-8-19)6-9-20(21)28-14-17-5-3-2-4-16(17)12-23/h2-6,9-11,19H,7-8,14H2,1H3,(H,25,26)/b18-10+. The Balaban J connectivity index is 1.76. The molecule has 3 rings (SSSR count). The molecule has 1 saturated carbocycles. The van der Waals surface area contributed by atoms with Crippen molar-refractivity contribution >= 4 is 12.0 Å². The number of benzene rings is 2. The van der Waals surface area contributed by atoms with Crippen LogP contribution in [0, 0.1) is 22.7 Å². The summed E-state index contributed by atoms with van der Waals surface area (Å²) in [5.41, 5.74) is 2.04. The van der Waals surface area contributed by atoms with Crippen LogP contribution in [0.25, 0.3) is 6.08 Å². The number of nitrogens with one attached hydrogen (secondary N) is 1. The van der Waals surface area contributed by atoms with Crippen LogP contribution in [0.2, 0.25) is 0 Å². The second-order valence-corrected chi connectivity index (χ2v) is 6.39. The molecule has 6 heteroatoms. The quantitative estimate of drug-likeness (QED) is 0.593. The molecule has 140 valence electrons. The fraction of sp³-hybridized carbons (Fsp3) is 0.227. The van der Waals surface area contributed by atoms with E-state index in [9.17, 15) is 10.1 Å². The Hall–Kier alpha value is -3.77. The van der Waals surface area contributed by atoms with Gasteiger partial charge in [0, 0.05) is 11.6 Å². The maximum atomic E-state index is 12.1. The first kappa shape index (κ1) is 19.0. The Labute approximate surface area is 163 Å². The van der Waals surface area contributed by atoms with Crippen LogP contribution in [0.3, 0.4) is 0 Å². The second kappa shape index (κ2) is 8.75. The number of methoxy groups -OCH3 is 1. The van der Waals surface area contributed by atoms with E-state index in [1.807, 2.05) is 18.2 Å². The van der Waals surface area contributed by atoms with Crippen molar-refractivity contribution in [2.75, 3.05) is 7.11 Å². The van der Waals surface area contributed by atoms with Gasteiger partial charge in [-0.2, -0.15) is 10.5 Å². The fourth-order valence-electron chi connectivity index (χ4n) is 2.61. The third kappa shape index (κ3) is 4.69. The summed E-state index contributed by atoms with van der Waals surface area (Å²) < 4.78 is 11.2. The maximum absolute atomic E-state index is 12.1. The van der Waals surface area contributed by atoms with Crippen molar-refractivity contribution < 1.29 is 14.3 Å². The highest BCUT2D eigenvalue weighted by atomic mass is 16.5. The smallest absolute Gasteiger partial charge is 0.262 e. The number of amides is 1. The molecule has 0 atom stereocenters. The Kier molecular flexibility index (Phi) is 5.94. The molecule has 0 spiro atoms. The highest BCUT2D eigenvalue weighted by Gasteiger charge is 2.24. The third-order valence-electron chi connectivity index (χ3n) is 4.30. The van der Waals surface area contributed by atoms with Crippen LogP contribution in [0.1, 0.15) is 29.5 Å². The number of ether oxygens (including phenoxy) is 2.